The molecule has 1 aliphatic rings. The normalized spacial score (nSPS) is 22.2. The van der Waals surface area contributed by atoms with Gasteiger partial charge in [-0.1, -0.05) is 0 Å². The molecule has 0 bridgehead atoms. The van der Waals surface area contributed by atoms with Gasteiger partial charge in [-0.3, -0.25) is 14.6 Å². The van der Waals surface area contributed by atoms with Crippen molar-refractivity contribution in [3.05, 3.63) is 48.1 Å². The number of amides is 2. The van der Waals surface area contributed by atoms with Crippen LogP contribution >= 0.6 is 0 Å². The van der Waals surface area contributed by atoms with Gasteiger partial charge >= 0.3 is 0 Å². The van der Waals surface area contributed by atoms with Gasteiger partial charge in [0.05, 0.1) is 30.2 Å². The summed E-state index contributed by atoms with van der Waals surface area (Å²) in [5.41, 5.74) is 0.779. The summed E-state index contributed by atoms with van der Waals surface area (Å²) < 4.78 is 13.6. The van der Waals surface area contributed by atoms with Gasteiger partial charge < -0.3 is 20.7 Å². The number of carbonyl (C=O) groups excluding carboxylic acids is 2. The third-order valence-corrected chi connectivity index (χ3v) is 4.48. The zero-order chi connectivity index (χ0) is 18.5. The molecule has 1 saturated carbocycles. The second-order valence-corrected chi connectivity index (χ2v) is 6.29. The van der Waals surface area contributed by atoms with Crippen LogP contribution in [0.3, 0.4) is 0 Å². The van der Waals surface area contributed by atoms with Crippen molar-refractivity contribution in [1.82, 2.24) is 25.6 Å². The summed E-state index contributed by atoms with van der Waals surface area (Å²) in [6.07, 6.45) is 5.86. The van der Waals surface area contributed by atoms with Crippen molar-refractivity contribution in [2.24, 2.45) is 5.92 Å². The number of rotatable bonds is 6. The quantitative estimate of drug-likeness (QED) is 0.585. The standard InChI is InChI=1S/C17H20FN5O3/c18-13-8-19-3-2-12(13)17(26)23-14-5-10(6-15(14)24)16(25)21-4-1-11-7-20-9-22-11/h2-3,7-10,14-15,24H,1,4-6H2,(H,20,22)(H,21,25)(H,23,26)/t10-,14+,15+/m0/s1. The Bertz CT molecular complexity index is 768. The van der Waals surface area contributed by atoms with Crippen LogP contribution in [0.5, 0.6) is 0 Å². The van der Waals surface area contributed by atoms with E-state index in [4.69, 9.17) is 0 Å². The van der Waals surface area contributed by atoms with E-state index in [-0.39, 0.29) is 17.9 Å². The number of hydrogen-bond acceptors (Lipinski definition) is 5. The lowest BCUT2D eigenvalue weighted by Gasteiger charge is -2.16. The van der Waals surface area contributed by atoms with E-state index in [9.17, 15) is 19.1 Å². The van der Waals surface area contributed by atoms with Crippen molar-refractivity contribution < 1.29 is 19.1 Å². The van der Waals surface area contributed by atoms with E-state index >= 15 is 0 Å². The largest absolute Gasteiger partial charge is 0.391 e. The molecule has 0 aromatic carbocycles. The summed E-state index contributed by atoms with van der Waals surface area (Å²) in [7, 11) is 0. The van der Waals surface area contributed by atoms with Crippen LogP contribution in [-0.4, -0.2) is 50.6 Å². The fraction of sp³-hybridized carbons (Fsp3) is 0.412. The van der Waals surface area contributed by atoms with Crippen LogP contribution in [0.4, 0.5) is 4.39 Å². The molecule has 0 radical (unpaired) electrons. The number of aromatic amines is 1. The molecule has 2 amide bonds. The fourth-order valence-corrected chi connectivity index (χ4v) is 3.08. The van der Waals surface area contributed by atoms with Gasteiger partial charge in [-0.2, -0.15) is 0 Å². The Morgan fingerprint density at radius 1 is 1.31 bits per heavy atom. The molecule has 0 unspecified atom stereocenters. The van der Waals surface area contributed by atoms with E-state index in [0.717, 1.165) is 11.9 Å². The molecule has 1 aliphatic carbocycles. The van der Waals surface area contributed by atoms with Crippen LogP contribution in [0, 0.1) is 11.7 Å². The van der Waals surface area contributed by atoms with Gasteiger partial charge in [0.2, 0.25) is 5.91 Å². The summed E-state index contributed by atoms with van der Waals surface area (Å²) in [4.78, 5) is 34.8. The van der Waals surface area contributed by atoms with Crippen molar-refractivity contribution >= 4 is 11.8 Å². The Labute approximate surface area is 149 Å². The molecule has 4 N–H and O–H groups in total. The second kappa shape index (κ2) is 8.05. The van der Waals surface area contributed by atoms with Crippen LogP contribution in [0.15, 0.2) is 31.0 Å². The average molecular weight is 361 g/mol. The highest BCUT2D eigenvalue weighted by molar-refractivity contribution is 5.94. The number of H-pyrrole nitrogens is 1. The molecular weight excluding hydrogens is 341 g/mol. The molecule has 1 fully saturated rings. The first-order valence-corrected chi connectivity index (χ1v) is 8.38. The average Bonchev–Trinajstić information content (AvgIpc) is 3.25. The summed E-state index contributed by atoms with van der Waals surface area (Å²) >= 11 is 0. The first-order chi connectivity index (χ1) is 12.5. The van der Waals surface area contributed by atoms with Gasteiger partial charge in [-0.25, -0.2) is 9.37 Å². The number of carbonyl (C=O) groups is 2. The Balaban J connectivity index is 1.50. The van der Waals surface area contributed by atoms with Crippen LogP contribution in [0.2, 0.25) is 0 Å². The summed E-state index contributed by atoms with van der Waals surface area (Å²) in [5.74, 6) is -1.94. The molecule has 0 spiro atoms. The third kappa shape index (κ3) is 4.23. The molecule has 2 aromatic rings. The number of halogens is 1. The topological polar surface area (TPSA) is 120 Å². The Hall–Kier alpha value is -2.81. The van der Waals surface area contributed by atoms with Gasteiger partial charge in [0.1, 0.15) is 0 Å². The molecule has 3 rings (SSSR count). The van der Waals surface area contributed by atoms with Crippen LogP contribution in [-0.2, 0) is 11.2 Å². The lowest BCUT2D eigenvalue weighted by molar-refractivity contribution is -0.125. The predicted molar refractivity (Wildman–Crippen MR) is 89.5 cm³/mol. The van der Waals surface area contributed by atoms with E-state index in [1.807, 2.05) is 0 Å². The van der Waals surface area contributed by atoms with Crippen molar-refractivity contribution in [2.75, 3.05) is 6.54 Å². The van der Waals surface area contributed by atoms with Crippen molar-refractivity contribution in [3.63, 3.8) is 0 Å². The number of aliphatic hydroxyl groups is 1. The second-order valence-electron chi connectivity index (χ2n) is 6.29. The van der Waals surface area contributed by atoms with E-state index in [2.05, 4.69) is 25.6 Å². The Morgan fingerprint density at radius 3 is 2.88 bits per heavy atom. The highest BCUT2D eigenvalue weighted by atomic mass is 19.1. The number of hydrogen-bond donors (Lipinski definition) is 4. The van der Waals surface area contributed by atoms with Gasteiger partial charge in [-0.15, -0.1) is 0 Å². The number of aromatic nitrogens is 3. The van der Waals surface area contributed by atoms with Crippen LogP contribution in [0.1, 0.15) is 28.9 Å². The van der Waals surface area contributed by atoms with E-state index in [1.54, 1.807) is 12.5 Å². The molecule has 0 aliphatic heterocycles. The third-order valence-electron chi connectivity index (χ3n) is 4.48. The highest BCUT2D eigenvalue weighted by Crippen LogP contribution is 2.26. The molecule has 138 valence electrons. The van der Waals surface area contributed by atoms with Crippen molar-refractivity contribution in [3.8, 4) is 0 Å². The van der Waals surface area contributed by atoms with E-state index in [0.29, 0.717) is 19.4 Å². The van der Waals surface area contributed by atoms with E-state index < -0.39 is 29.8 Å². The van der Waals surface area contributed by atoms with Gasteiger partial charge in [0.25, 0.3) is 5.91 Å². The number of aliphatic hydroxyl groups excluding tert-OH is 1. The molecule has 8 nitrogen and oxygen atoms in total. The minimum absolute atomic E-state index is 0.139. The molecule has 9 heteroatoms. The van der Waals surface area contributed by atoms with Crippen LogP contribution < -0.4 is 10.6 Å². The maximum Gasteiger partial charge on any atom is 0.254 e. The predicted octanol–water partition coefficient (Wildman–Crippen LogP) is 0.172. The minimum Gasteiger partial charge on any atom is -0.391 e. The lowest BCUT2D eigenvalue weighted by Crippen LogP contribution is -2.40. The molecule has 3 atom stereocenters. The summed E-state index contributed by atoms with van der Waals surface area (Å²) in [5, 5.41) is 15.6. The molecule has 2 heterocycles. The number of pyridine rings is 1. The molecule has 26 heavy (non-hydrogen) atoms. The van der Waals surface area contributed by atoms with Crippen LogP contribution in [0.25, 0.3) is 0 Å². The Kier molecular flexibility index (Phi) is 5.57. The summed E-state index contributed by atoms with van der Waals surface area (Å²) in [6.45, 7) is 0.451. The zero-order valence-corrected chi connectivity index (χ0v) is 14.0. The molecule has 2 aromatic heterocycles. The monoisotopic (exact) mass is 361 g/mol. The van der Waals surface area contributed by atoms with Gasteiger partial charge in [0, 0.05) is 37.0 Å². The smallest absolute Gasteiger partial charge is 0.254 e. The van der Waals surface area contributed by atoms with Crippen molar-refractivity contribution in [2.45, 2.75) is 31.4 Å². The fourth-order valence-electron chi connectivity index (χ4n) is 3.08. The number of nitrogens with zero attached hydrogens (tertiary/aromatic N) is 2. The number of nitrogens with one attached hydrogen (secondary N) is 3. The maximum atomic E-state index is 13.6. The lowest BCUT2D eigenvalue weighted by atomic mass is 10.1. The highest BCUT2D eigenvalue weighted by Gasteiger charge is 2.37. The summed E-state index contributed by atoms with van der Waals surface area (Å²) in [6, 6.07) is 0.671. The SMILES string of the molecule is O=C(N[C@@H]1C[C@H](C(=O)NCCc2cnc[nH]2)C[C@H]1O)c1ccncc1F. The minimum atomic E-state index is -0.854. The Morgan fingerprint density at radius 2 is 2.15 bits per heavy atom. The zero-order valence-electron chi connectivity index (χ0n) is 14.0. The van der Waals surface area contributed by atoms with Gasteiger partial charge in [-0.05, 0) is 18.9 Å². The molecule has 0 saturated heterocycles. The van der Waals surface area contributed by atoms with E-state index in [1.165, 1.54) is 12.3 Å². The van der Waals surface area contributed by atoms with Gasteiger partial charge in [0.15, 0.2) is 5.82 Å². The first-order valence-electron chi connectivity index (χ1n) is 8.38. The maximum absolute atomic E-state index is 13.6. The van der Waals surface area contributed by atoms with Crippen molar-refractivity contribution in [1.29, 1.82) is 0 Å². The number of imidazole rings is 1. The molecular formula is C17H20FN5O3. The first kappa shape index (κ1) is 18.0.